The number of anilines is 1. The van der Waals surface area contributed by atoms with E-state index < -0.39 is 15.8 Å². The monoisotopic (exact) mass is 385 g/mol. The van der Waals surface area contributed by atoms with Crippen molar-refractivity contribution in [3.05, 3.63) is 71.6 Å². The number of nitrogens with zero attached hydrogens (tertiary/aromatic N) is 3. The minimum absolute atomic E-state index is 0.169. The van der Waals surface area contributed by atoms with E-state index in [0.29, 0.717) is 30.1 Å². The zero-order valence-corrected chi connectivity index (χ0v) is 15.8. The first kappa shape index (κ1) is 17.7. The maximum absolute atomic E-state index is 13.2. The average Bonchev–Trinajstić information content (AvgIpc) is 2.92. The second-order valence-electron chi connectivity index (χ2n) is 6.66. The van der Waals surface area contributed by atoms with Crippen LogP contribution in [0.4, 0.5) is 10.1 Å². The van der Waals surface area contributed by atoms with Crippen molar-refractivity contribution in [2.45, 2.75) is 6.92 Å². The third kappa shape index (κ3) is 3.35. The molecule has 140 valence electrons. The first-order valence-electron chi connectivity index (χ1n) is 8.83. The van der Waals surface area contributed by atoms with Gasteiger partial charge in [0.25, 0.3) is 10.0 Å². The van der Waals surface area contributed by atoms with Crippen molar-refractivity contribution >= 4 is 26.5 Å². The highest BCUT2D eigenvalue weighted by molar-refractivity contribution is 8.00. The van der Waals surface area contributed by atoms with Gasteiger partial charge < -0.3 is 9.80 Å². The highest BCUT2D eigenvalue weighted by atomic mass is 32.2. The number of rotatable bonds is 2. The predicted molar refractivity (Wildman–Crippen MR) is 106 cm³/mol. The Morgan fingerprint density at radius 1 is 0.889 bits per heavy atom. The van der Waals surface area contributed by atoms with Gasteiger partial charge in [0.15, 0.2) is 0 Å². The van der Waals surface area contributed by atoms with Crippen molar-refractivity contribution in [2.75, 3.05) is 31.1 Å². The topological polar surface area (TPSA) is 53.0 Å². The van der Waals surface area contributed by atoms with E-state index in [1.54, 1.807) is 6.92 Å². The van der Waals surface area contributed by atoms with Crippen LogP contribution in [0.5, 0.6) is 0 Å². The fourth-order valence-electron chi connectivity index (χ4n) is 3.60. The fourth-order valence-corrected chi connectivity index (χ4v) is 5.08. The molecule has 0 aromatic heterocycles. The van der Waals surface area contributed by atoms with E-state index in [9.17, 15) is 12.8 Å². The summed E-state index contributed by atoms with van der Waals surface area (Å²) in [5.41, 5.74) is 2.25. The number of hydrogen-bond donors (Lipinski definition) is 0. The molecular formula is C20H20FN3O2S. The molecule has 0 spiro atoms. The van der Waals surface area contributed by atoms with Gasteiger partial charge in [-0.3, -0.25) is 0 Å². The molecule has 4 rings (SSSR count). The molecule has 2 aromatic carbocycles. The second kappa shape index (κ2) is 6.81. The molecule has 2 aliphatic heterocycles. The van der Waals surface area contributed by atoms with Crippen LogP contribution in [0.25, 0.3) is 4.91 Å². The molecule has 2 aromatic rings. The third-order valence-electron chi connectivity index (χ3n) is 4.95. The quantitative estimate of drug-likeness (QED) is 0.797. The van der Waals surface area contributed by atoms with Gasteiger partial charge in [-0.15, -0.1) is 4.40 Å². The molecule has 0 radical (unpaired) electrons. The Morgan fingerprint density at radius 3 is 2.11 bits per heavy atom. The van der Waals surface area contributed by atoms with Crippen molar-refractivity contribution in [3.8, 4) is 0 Å². The average molecular weight is 385 g/mol. The molecular weight excluding hydrogens is 365 g/mol. The van der Waals surface area contributed by atoms with Crippen LogP contribution >= 0.6 is 0 Å². The van der Waals surface area contributed by atoms with Gasteiger partial charge in [0, 0.05) is 37.4 Å². The molecule has 1 saturated heterocycles. The lowest BCUT2D eigenvalue weighted by Crippen LogP contribution is -2.48. The molecule has 1 fully saturated rings. The van der Waals surface area contributed by atoms with Crippen LogP contribution in [-0.2, 0) is 10.0 Å². The number of benzene rings is 2. The molecule has 0 atom stereocenters. The summed E-state index contributed by atoms with van der Waals surface area (Å²) in [7, 11) is -3.78. The molecule has 5 nitrogen and oxygen atoms in total. The van der Waals surface area contributed by atoms with Gasteiger partial charge in [-0.1, -0.05) is 30.3 Å². The fraction of sp³-hybridized carbons (Fsp3) is 0.250. The van der Waals surface area contributed by atoms with Crippen molar-refractivity contribution < 1.29 is 12.8 Å². The van der Waals surface area contributed by atoms with Gasteiger partial charge in [0.05, 0.1) is 0 Å². The van der Waals surface area contributed by atoms with Gasteiger partial charge in [0.2, 0.25) is 0 Å². The summed E-state index contributed by atoms with van der Waals surface area (Å²) in [5, 5.41) is 0. The van der Waals surface area contributed by atoms with Crippen LogP contribution in [0.15, 0.2) is 64.6 Å². The molecule has 2 heterocycles. The van der Waals surface area contributed by atoms with Crippen LogP contribution in [0.3, 0.4) is 0 Å². The Labute approximate surface area is 158 Å². The van der Waals surface area contributed by atoms with Gasteiger partial charge >= 0.3 is 0 Å². The van der Waals surface area contributed by atoms with E-state index in [2.05, 4.69) is 21.4 Å². The maximum atomic E-state index is 13.2. The maximum Gasteiger partial charge on any atom is 0.285 e. The van der Waals surface area contributed by atoms with E-state index in [0.717, 1.165) is 18.8 Å². The number of amidine groups is 1. The van der Waals surface area contributed by atoms with Crippen LogP contribution in [0.2, 0.25) is 0 Å². The third-order valence-corrected chi connectivity index (χ3v) is 6.42. The molecule has 0 aliphatic carbocycles. The summed E-state index contributed by atoms with van der Waals surface area (Å²) in [4.78, 5) is 4.46. The highest BCUT2D eigenvalue weighted by Crippen LogP contribution is 2.34. The second-order valence-corrected chi connectivity index (χ2v) is 8.20. The summed E-state index contributed by atoms with van der Waals surface area (Å²) in [6.45, 7) is 4.74. The van der Waals surface area contributed by atoms with Crippen molar-refractivity contribution in [1.29, 1.82) is 0 Å². The minimum atomic E-state index is -3.78. The Morgan fingerprint density at radius 2 is 1.48 bits per heavy atom. The summed E-state index contributed by atoms with van der Waals surface area (Å²) in [6, 6.07) is 15.7. The standard InChI is InChI=1S/C20H20FN3O2S/c1-15-19(16-7-9-17(21)10-8-16)27(25,26)22-20(15)24-13-11-23(12-14-24)18-5-3-2-4-6-18/h2-10H,11-14H2,1H3. The minimum Gasteiger partial charge on any atom is -0.368 e. The molecule has 27 heavy (non-hydrogen) atoms. The summed E-state index contributed by atoms with van der Waals surface area (Å²) in [5.74, 6) is 0.104. The predicted octanol–water partition coefficient (Wildman–Crippen LogP) is 3.12. The zero-order chi connectivity index (χ0) is 19.0. The molecule has 0 saturated carbocycles. The number of hydrogen-bond acceptors (Lipinski definition) is 4. The number of sulfonamides is 1. The summed E-state index contributed by atoms with van der Waals surface area (Å²) < 4.78 is 42.5. The Hall–Kier alpha value is -2.67. The zero-order valence-electron chi connectivity index (χ0n) is 15.0. The lowest BCUT2D eigenvalue weighted by Gasteiger charge is -2.37. The van der Waals surface area contributed by atoms with E-state index >= 15 is 0 Å². The van der Waals surface area contributed by atoms with E-state index in [1.165, 1.54) is 24.3 Å². The van der Waals surface area contributed by atoms with Gasteiger partial charge in [-0.05, 0) is 36.8 Å². The lowest BCUT2D eigenvalue weighted by atomic mass is 10.1. The highest BCUT2D eigenvalue weighted by Gasteiger charge is 2.34. The largest absolute Gasteiger partial charge is 0.368 e. The van der Waals surface area contributed by atoms with E-state index in [4.69, 9.17) is 0 Å². The molecule has 2 aliphatic rings. The SMILES string of the molecule is CC1=C(c2ccc(F)cc2)S(=O)(=O)N=C1N1CCN(c2ccccc2)CC1. The number of halogens is 1. The van der Waals surface area contributed by atoms with Crippen molar-refractivity contribution in [1.82, 2.24) is 4.90 Å². The van der Waals surface area contributed by atoms with Crippen LogP contribution < -0.4 is 4.90 Å². The van der Waals surface area contributed by atoms with E-state index in [1.807, 2.05) is 23.1 Å². The molecule has 0 amide bonds. The Bertz CT molecular complexity index is 1010. The van der Waals surface area contributed by atoms with Crippen molar-refractivity contribution in [2.24, 2.45) is 4.40 Å². The van der Waals surface area contributed by atoms with Crippen LogP contribution in [-0.4, -0.2) is 45.3 Å². The Balaban J connectivity index is 1.57. The molecule has 7 heteroatoms. The van der Waals surface area contributed by atoms with Crippen LogP contribution in [0, 0.1) is 5.82 Å². The van der Waals surface area contributed by atoms with E-state index in [-0.39, 0.29) is 4.91 Å². The Kier molecular flexibility index (Phi) is 4.47. The molecule has 0 unspecified atom stereocenters. The van der Waals surface area contributed by atoms with Gasteiger partial charge in [-0.2, -0.15) is 8.42 Å². The normalized spacial score (nSPS) is 19.4. The first-order valence-corrected chi connectivity index (χ1v) is 10.3. The van der Waals surface area contributed by atoms with Crippen molar-refractivity contribution in [3.63, 3.8) is 0 Å². The van der Waals surface area contributed by atoms with Gasteiger partial charge in [0.1, 0.15) is 16.6 Å². The number of para-hydroxylation sites is 1. The number of piperazine rings is 1. The summed E-state index contributed by atoms with van der Waals surface area (Å²) in [6.07, 6.45) is 0. The molecule has 0 bridgehead atoms. The first-order chi connectivity index (χ1) is 13.0. The smallest absolute Gasteiger partial charge is 0.285 e. The van der Waals surface area contributed by atoms with Crippen LogP contribution in [0.1, 0.15) is 12.5 Å². The lowest BCUT2D eigenvalue weighted by molar-refractivity contribution is 0.387. The molecule has 0 N–H and O–H groups in total. The summed E-state index contributed by atoms with van der Waals surface area (Å²) >= 11 is 0. The van der Waals surface area contributed by atoms with Gasteiger partial charge in [-0.25, -0.2) is 4.39 Å².